The Hall–Kier alpha value is -4.70. The molecule has 0 bridgehead atoms. The van der Waals surface area contributed by atoms with Crippen LogP contribution in [0.1, 0.15) is 11.1 Å². The first-order chi connectivity index (χ1) is 16.2. The Morgan fingerprint density at radius 2 is 0.939 bits per heavy atom. The lowest BCUT2D eigenvalue weighted by molar-refractivity contribution is 0.627. The van der Waals surface area contributed by atoms with E-state index in [4.69, 9.17) is 0 Å². The van der Waals surface area contributed by atoms with Gasteiger partial charge in [-0.05, 0) is 72.8 Å². The molecule has 5 nitrogen and oxygen atoms in total. The molecular formula is C26H17F2N5. The predicted octanol–water partition coefficient (Wildman–Crippen LogP) is 5.29. The summed E-state index contributed by atoms with van der Waals surface area (Å²) in [6.45, 7) is 0. The van der Waals surface area contributed by atoms with Crippen molar-refractivity contribution in [3.63, 3.8) is 0 Å². The summed E-state index contributed by atoms with van der Waals surface area (Å²) in [6.07, 6.45) is 6.76. The third-order valence-electron chi connectivity index (χ3n) is 4.50. The van der Waals surface area contributed by atoms with E-state index in [1.54, 1.807) is 49.1 Å². The molecule has 0 saturated heterocycles. The lowest BCUT2D eigenvalue weighted by Crippen LogP contribution is -1.84. The smallest absolute Gasteiger partial charge is 0.123 e. The molecule has 0 aliphatic carbocycles. The Kier molecular flexibility index (Phi) is 6.88. The number of H-pyrrole nitrogens is 1. The van der Waals surface area contributed by atoms with Crippen LogP contribution in [0.3, 0.4) is 0 Å². The molecule has 0 amide bonds. The minimum atomic E-state index is -0.271. The lowest BCUT2D eigenvalue weighted by Gasteiger charge is -2.00. The maximum Gasteiger partial charge on any atom is 0.123 e. The SMILES string of the molecule is Fc1ccc(-c2n[nH]nc2-c2ccncc2)cc1.Fc1ccc(C#Cc2ccncc2)cc1. The Morgan fingerprint density at radius 3 is 1.48 bits per heavy atom. The van der Waals surface area contributed by atoms with Crippen molar-refractivity contribution in [1.82, 2.24) is 25.4 Å². The van der Waals surface area contributed by atoms with Gasteiger partial charge >= 0.3 is 0 Å². The van der Waals surface area contributed by atoms with Crippen molar-refractivity contribution in [3.05, 3.63) is 120 Å². The maximum absolute atomic E-state index is 12.9. The molecule has 5 rings (SSSR count). The zero-order valence-electron chi connectivity index (χ0n) is 17.3. The van der Waals surface area contributed by atoms with Gasteiger partial charge in [0.1, 0.15) is 23.0 Å². The number of benzene rings is 2. The van der Waals surface area contributed by atoms with Crippen LogP contribution in [-0.4, -0.2) is 25.4 Å². The van der Waals surface area contributed by atoms with Crippen LogP contribution in [0, 0.1) is 23.5 Å². The van der Waals surface area contributed by atoms with E-state index < -0.39 is 0 Å². The molecule has 0 spiro atoms. The van der Waals surface area contributed by atoms with Gasteiger partial charge in [-0.1, -0.05) is 11.8 Å². The third-order valence-corrected chi connectivity index (χ3v) is 4.50. The Balaban J connectivity index is 0.000000160. The molecule has 1 N–H and O–H groups in total. The summed E-state index contributed by atoms with van der Waals surface area (Å²) < 4.78 is 25.5. The average Bonchev–Trinajstić information content (AvgIpc) is 3.36. The summed E-state index contributed by atoms with van der Waals surface area (Å²) >= 11 is 0. The molecule has 0 radical (unpaired) electrons. The highest BCUT2D eigenvalue weighted by Gasteiger charge is 2.12. The molecule has 0 aliphatic heterocycles. The molecule has 3 aromatic heterocycles. The van der Waals surface area contributed by atoms with Crippen molar-refractivity contribution in [1.29, 1.82) is 0 Å². The van der Waals surface area contributed by atoms with Crippen LogP contribution in [0.2, 0.25) is 0 Å². The van der Waals surface area contributed by atoms with E-state index >= 15 is 0 Å². The second-order valence-corrected chi connectivity index (χ2v) is 6.76. The fourth-order valence-corrected chi connectivity index (χ4v) is 2.86. The second-order valence-electron chi connectivity index (χ2n) is 6.76. The van der Waals surface area contributed by atoms with Gasteiger partial charge in [-0.2, -0.15) is 15.4 Å². The summed E-state index contributed by atoms with van der Waals surface area (Å²) in [5, 5.41) is 10.8. The first-order valence-corrected chi connectivity index (χ1v) is 9.94. The van der Waals surface area contributed by atoms with Crippen molar-refractivity contribution in [2.24, 2.45) is 0 Å². The molecule has 0 fully saturated rings. The summed E-state index contributed by atoms with van der Waals surface area (Å²) in [4.78, 5) is 7.86. The Labute approximate surface area is 189 Å². The Morgan fingerprint density at radius 1 is 0.515 bits per heavy atom. The van der Waals surface area contributed by atoms with E-state index in [0.29, 0.717) is 5.69 Å². The van der Waals surface area contributed by atoms with E-state index in [-0.39, 0.29) is 11.6 Å². The average molecular weight is 437 g/mol. The first-order valence-electron chi connectivity index (χ1n) is 9.94. The number of pyridine rings is 2. The normalized spacial score (nSPS) is 9.88. The fraction of sp³-hybridized carbons (Fsp3) is 0. The van der Waals surface area contributed by atoms with Gasteiger partial charge in [0.25, 0.3) is 0 Å². The topological polar surface area (TPSA) is 67.3 Å². The largest absolute Gasteiger partial charge is 0.265 e. The molecule has 0 unspecified atom stereocenters. The van der Waals surface area contributed by atoms with Crippen molar-refractivity contribution in [3.8, 4) is 34.4 Å². The summed E-state index contributed by atoms with van der Waals surface area (Å²) in [6, 6.07) is 19.6. The number of hydrogen-bond acceptors (Lipinski definition) is 4. The minimum Gasteiger partial charge on any atom is -0.265 e. The van der Waals surface area contributed by atoms with E-state index in [9.17, 15) is 8.78 Å². The number of nitrogens with zero attached hydrogens (tertiary/aromatic N) is 4. The van der Waals surface area contributed by atoms with Crippen molar-refractivity contribution in [2.75, 3.05) is 0 Å². The number of nitrogens with one attached hydrogen (secondary N) is 1. The molecule has 0 saturated carbocycles. The molecule has 2 aromatic carbocycles. The van der Waals surface area contributed by atoms with Crippen LogP contribution in [-0.2, 0) is 0 Å². The summed E-state index contributed by atoms with van der Waals surface area (Å²) in [7, 11) is 0. The maximum atomic E-state index is 12.9. The monoisotopic (exact) mass is 437 g/mol. The second kappa shape index (κ2) is 10.6. The number of rotatable bonds is 2. The van der Waals surface area contributed by atoms with Crippen molar-refractivity contribution >= 4 is 0 Å². The van der Waals surface area contributed by atoms with Crippen molar-refractivity contribution < 1.29 is 8.78 Å². The van der Waals surface area contributed by atoms with Gasteiger partial charge in [0, 0.05) is 47.0 Å². The molecule has 0 aliphatic rings. The van der Waals surface area contributed by atoms with Crippen LogP contribution >= 0.6 is 0 Å². The zero-order chi connectivity index (χ0) is 22.9. The van der Waals surface area contributed by atoms with Gasteiger partial charge in [-0.3, -0.25) is 9.97 Å². The van der Waals surface area contributed by atoms with E-state index in [2.05, 4.69) is 37.2 Å². The number of aromatic amines is 1. The lowest BCUT2D eigenvalue weighted by atomic mass is 10.1. The molecule has 0 atom stereocenters. The molecule has 5 aromatic rings. The van der Waals surface area contributed by atoms with Crippen molar-refractivity contribution in [2.45, 2.75) is 0 Å². The highest BCUT2D eigenvalue weighted by molar-refractivity contribution is 5.77. The van der Waals surface area contributed by atoms with Crippen LogP contribution in [0.25, 0.3) is 22.5 Å². The standard InChI is InChI=1S/C13H9FN4.C13H8FN/c14-11-3-1-9(2-4-11)12-13(17-18-16-12)10-5-7-15-8-6-10;14-13-5-3-11(4-6-13)1-2-12-7-9-15-10-8-12/h1-8H,(H,16,17,18);3-10H. The van der Waals surface area contributed by atoms with Gasteiger partial charge in [-0.25, -0.2) is 8.78 Å². The molecule has 33 heavy (non-hydrogen) atoms. The molecule has 3 heterocycles. The summed E-state index contributed by atoms with van der Waals surface area (Å²) in [5.41, 5.74) is 4.85. The molecule has 7 heteroatoms. The van der Waals surface area contributed by atoms with Gasteiger partial charge in [0.2, 0.25) is 0 Å². The highest BCUT2D eigenvalue weighted by Crippen LogP contribution is 2.27. The first kappa shape index (κ1) is 21.5. The van der Waals surface area contributed by atoms with Crippen LogP contribution in [0.5, 0.6) is 0 Å². The summed E-state index contributed by atoms with van der Waals surface area (Å²) in [5.74, 6) is 5.40. The number of aromatic nitrogens is 5. The quantitative estimate of drug-likeness (QED) is 0.381. The van der Waals surface area contributed by atoms with E-state index in [0.717, 1.165) is 27.9 Å². The van der Waals surface area contributed by atoms with Gasteiger partial charge in [0.15, 0.2) is 0 Å². The number of hydrogen-bond donors (Lipinski definition) is 1. The fourth-order valence-electron chi connectivity index (χ4n) is 2.86. The van der Waals surface area contributed by atoms with Gasteiger partial charge in [-0.15, -0.1) is 0 Å². The molecular weight excluding hydrogens is 420 g/mol. The van der Waals surface area contributed by atoms with Gasteiger partial charge < -0.3 is 0 Å². The minimum absolute atomic E-state index is 0.246. The van der Waals surface area contributed by atoms with E-state index in [1.165, 1.54) is 24.3 Å². The van der Waals surface area contributed by atoms with E-state index in [1.807, 2.05) is 24.3 Å². The predicted molar refractivity (Wildman–Crippen MR) is 122 cm³/mol. The zero-order valence-corrected chi connectivity index (χ0v) is 17.3. The van der Waals surface area contributed by atoms with Crippen LogP contribution < -0.4 is 0 Å². The molecule has 160 valence electrons. The van der Waals surface area contributed by atoms with Crippen LogP contribution in [0.4, 0.5) is 8.78 Å². The van der Waals surface area contributed by atoms with Crippen LogP contribution in [0.15, 0.2) is 97.6 Å². The third kappa shape index (κ3) is 5.93. The Bertz CT molecular complexity index is 1360. The number of halogens is 2. The highest BCUT2D eigenvalue weighted by atomic mass is 19.1. The van der Waals surface area contributed by atoms with Gasteiger partial charge in [0.05, 0.1) is 0 Å².